The Hall–Kier alpha value is -0.220. The van der Waals surface area contributed by atoms with E-state index < -0.39 is 5.92 Å². The SMILES string of the molecule is CC(C)(C)OCC(N)CC1CCCC(F)(F)C1. The van der Waals surface area contributed by atoms with E-state index in [0.717, 1.165) is 6.42 Å². The Morgan fingerprint density at radius 2 is 2.06 bits per heavy atom. The molecule has 2 N–H and O–H groups in total. The molecule has 1 aliphatic carbocycles. The van der Waals surface area contributed by atoms with E-state index in [-0.39, 0.29) is 30.4 Å². The van der Waals surface area contributed by atoms with Crippen LogP contribution in [0.3, 0.4) is 0 Å². The molecular weight excluding hydrogens is 224 g/mol. The molecule has 17 heavy (non-hydrogen) atoms. The Morgan fingerprint density at radius 3 is 2.59 bits per heavy atom. The van der Waals surface area contributed by atoms with Gasteiger partial charge in [-0.15, -0.1) is 0 Å². The third kappa shape index (κ3) is 6.32. The van der Waals surface area contributed by atoms with Gasteiger partial charge in [0.15, 0.2) is 0 Å². The van der Waals surface area contributed by atoms with Crippen molar-refractivity contribution >= 4 is 0 Å². The van der Waals surface area contributed by atoms with Crippen molar-refractivity contribution in [1.82, 2.24) is 0 Å². The molecule has 0 heterocycles. The van der Waals surface area contributed by atoms with Crippen molar-refractivity contribution in [2.24, 2.45) is 11.7 Å². The Labute approximate surface area is 103 Å². The van der Waals surface area contributed by atoms with Crippen LogP contribution in [0.5, 0.6) is 0 Å². The van der Waals surface area contributed by atoms with Crippen LogP contribution in [0.4, 0.5) is 8.78 Å². The molecule has 0 spiro atoms. The maximum absolute atomic E-state index is 13.2. The van der Waals surface area contributed by atoms with E-state index in [1.54, 1.807) is 0 Å². The number of halogens is 2. The Balaban J connectivity index is 2.28. The van der Waals surface area contributed by atoms with Gasteiger partial charge in [-0.25, -0.2) is 8.78 Å². The average Bonchev–Trinajstić information content (AvgIpc) is 2.12. The first-order valence-corrected chi connectivity index (χ1v) is 6.45. The first-order chi connectivity index (χ1) is 7.68. The largest absolute Gasteiger partial charge is 0.374 e. The number of nitrogens with two attached hydrogens (primary N) is 1. The van der Waals surface area contributed by atoms with Crippen molar-refractivity contribution in [1.29, 1.82) is 0 Å². The third-order valence-electron chi connectivity index (χ3n) is 3.11. The summed E-state index contributed by atoms with van der Waals surface area (Å²) >= 11 is 0. The molecule has 2 atom stereocenters. The maximum Gasteiger partial charge on any atom is 0.248 e. The minimum absolute atomic E-state index is 0.00375. The zero-order chi connectivity index (χ0) is 13.1. The molecule has 1 rings (SSSR count). The summed E-state index contributed by atoms with van der Waals surface area (Å²) in [5.41, 5.74) is 5.72. The molecule has 1 saturated carbocycles. The molecule has 0 aromatic heterocycles. The zero-order valence-corrected chi connectivity index (χ0v) is 11.1. The van der Waals surface area contributed by atoms with E-state index in [1.165, 1.54) is 0 Å². The highest BCUT2D eigenvalue weighted by atomic mass is 19.3. The summed E-state index contributed by atoms with van der Waals surface area (Å²) < 4.78 is 32.0. The lowest BCUT2D eigenvalue weighted by molar-refractivity contribution is -0.0585. The van der Waals surface area contributed by atoms with Gasteiger partial charge in [0, 0.05) is 18.9 Å². The van der Waals surface area contributed by atoms with Crippen LogP contribution in [0.25, 0.3) is 0 Å². The fraction of sp³-hybridized carbons (Fsp3) is 1.00. The highest BCUT2D eigenvalue weighted by Gasteiger charge is 2.36. The Kier molecular flexibility index (Phi) is 4.90. The quantitative estimate of drug-likeness (QED) is 0.829. The summed E-state index contributed by atoms with van der Waals surface area (Å²) in [5, 5.41) is 0. The van der Waals surface area contributed by atoms with E-state index in [0.29, 0.717) is 19.4 Å². The standard InChI is InChI=1S/C13H25F2NO/c1-12(2,3)17-9-11(16)7-10-5-4-6-13(14,15)8-10/h10-11H,4-9,16H2,1-3H3. The molecule has 0 aromatic carbocycles. The zero-order valence-electron chi connectivity index (χ0n) is 11.1. The van der Waals surface area contributed by atoms with Crippen molar-refractivity contribution in [2.75, 3.05) is 6.61 Å². The van der Waals surface area contributed by atoms with Crippen molar-refractivity contribution in [3.63, 3.8) is 0 Å². The molecule has 2 unspecified atom stereocenters. The van der Waals surface area contributed by atoms with Crippen LogP contribution in [0, 0.1) is 5.92 Å². The molecule has 102 valence electrons. The van der Waals surface area contributed by atoms with Gasteiger partial charge in [0.2, 0.25) is 5.92 Å². The molecule has 2 nitrogen and oxygen atoms in total. The first kappa shape index (κ1) is 14.8. The monoisotopic (exact) mass is 249 g/mol. The second kappa shape index (κ2) is 5.61. The summed E-state index contributed by atoms with van der Waals surface area (Å²) in [6.07, 6.45) is 2.17. The van der Waals surface area contributed by atoms with Gasteiger partial charge >= 0.3 is 0 Å². The van der Waals surface area contributed by atoms with Crippen molar-refractivity contribution < 1.29 is 13.5 Å². The van der Waals surface area contributed by atoms with Crippen LogP contribution in [0.2, 0.25) is 0 Å². The predicted octanol–water partition coefficient (Wildman–Crippen LogP) is 3.34. The maximum atomic E-state index is 13.2. The summed E-state index contributed by atoms with van der Waals surface area (Å²) in [6, 6.07) is -0.131. The van der Waals surface area contributed by atoms with Gasteiger partial charge in [-0.05, 0) is 46.0 Å². The fourth-order valence-electron chi connectivity index (χ4n) is 2.33. The number of hydrogen-bond donors (Lipinski definition) is 1. The lowest BCUT2D eigenvalue weighted by atomic mass is 9.83. The molecule has 4 heteroatoms. The van der Waals surface area contributed by atoms with Gasteiger partial charge in [0.1, 0.15) is 0 Å². The number of alkyl halides is 2. The van der Waals surface area contributed by atoms with E-state index in [9.17, 15) is 8.78 Å². The first-order valence-electron chi connectivity index (χ1n) is 6.45. The van der Waals surface area contributed by atoms with Gasteiger partial charge in [0.05, 0.1) is 12.2 Å². The minimum Gasteiger partial charge on any atom is -0.374 e. The van der Waals surface area contributed by atoms with Crippen LogP contribution < -0.4 is 5.73 Å². The van der Waals surface area contributed by atoms with Gasteiger partial charge in [-0.1, -0.05) is 0 Å². The molecule has 0 aromatic rings. The number of ether oxygens (including phenoxy) is 1. The van der Waals surface area contributed by atoms with E-state index >= 15 is 0 Å². The molecule has 0 amide bonds. The summed E-state index contributed by atoms with van der Waals surface area (Å²) in [7, 11) is 0. The van der Waals surface area contributed by atoms with Crippen molar-refractivity contribution in [2.45, 2.75) is 70.4 Å². The minimum atomic E-state index is -2.48. The second-order valence-electron chi connectivity index (χ2n) is 6.24. The molecule has 0 radical (unpaired) electrons. The predicted molar refractivity (Wildman–Crippen MR) is 65.2 cm³/mol. The Bertz CT molecular complexity index is 238. The second-order valence-corrected chi connectivity index (χ2v) is 6.24. The van der Waals surface area contributed by atoms with Crippen LogP contribution in [0.1, 0.15) is 52.9 Å². The molecule has 0 bridgehead atoms. The van der Waals surface area contributed by atoms with Crippen molar-refractivity contribution in [3.8, 4) is 0 Å². The van der Waals surface area contributed by atoms with Gasteiger partial charge in [-0.3, -0.25) is 0 Å². The lowest BCUT2D eigenvalue weighted by Crippen LogP contribution is -2.36. The normalized spacial score (nSPS) is 26.8. The molecule has 0 saturated heterocycles. The topological polar surface area (TPSA) is 35.2 Å². The van der Waals surface area contributed by atoms with E-state index in [1.807, 2.05) is 20.8 Å². The summed E-state index contributed by atoms with van der Waals surface area (Å²) in [6.45, 7) is 6.35. The van der Waals surface area contributed by atoms with Crippen LogP contribution >= 0.6 is 0 Å². The smallest absolute Gasteiger partial charge is 0.248 e. The third-order valence-corrected chi connectivity index (χ3v) is 3.11. The van der Waals surface area contributed by atoms with Crippen LogP contribution in [-0.4, -0.2) is 24.2 Å². The highest BCUT2D eigenvalue weighted by molar-refractivity contribution is 4.81. The summed E-state index contributed by atoms with van der Waals surface area (Å²) in [4.78, 5) is 0. The number of rotatable bonds is 4. The van der Waals surface area contributed by atoms with E-state index in [2.05, 4.69) is 0 Å². The highest BCUT2D eigenvalue weighted by Crippen LogP contribution is 2.38. The molecule has 1 aliphatic rings. The average molecular weight is 249 g/mol. The number of hydrogen-bond acceptors (Lipinski definition) is 2. The molecular formula is C13H25F2NO. The van der Waals surface area contributed by atoms with Crippen LogP contribution in [-0.2, 0) is 4.74 Å². The molecule has 0 aliphatic heterocycles. The summed E-state index contributed by atoms with van der Waals surface area (Å²) in [5.74, 6) is -2.43. The lowest BCUT2D eigenvalue weighted by Gasteiger charge is -2.31. The van der Waals surface area contributed by atoms with Crippen LogP contribution in [0.15, 0.2) is 0 Å². The van der Waals surface area contributed by atoms with Gasteiger partial charge in [-0.2, -0.15) is 0 Å². The molecule has 1 fully saturated rings. The fourth-order valence-corrected chi connectivity index (χ4v) is 2.33. The van der Waals surface area contributed by atoms with Gasteiger partial charge in [0.25, 0.3) is 0 Å². The van der Waals surface area contributed by atoms with E-state index in [4.69, 9.17) is 10.5 Å². The van der Waals surface area contributed by atoms with Crippen molar-refractivity contribution in [3.05, 3.63) is 0 Å². The van der Waals surface area contributed by atoms with Gasteiger partial charge < -0.3 is 10.5 Å². The Morgan fingerprint density at radius 1 is 1.41 bits per heavy atom.